The van der Waals surface area contributed by atoms with Crippen LogP contribution in [0.25, 0.3) is 0 Å². The van der Waals surface area contributed by atoms with E-state index in [1.807, 2.05) is 6.07 Å². The molecule has 27 heavy (non-hydrogen) atoms. The third-order valence-electron chi connectivity index (χ3n) is 4.42. The van der Waals surface area contributed by atoms with E-state index in [2.05, 4.69) is 24.5 Å². The fraction of sp³-hybridized carbons (Fsp3) is 0.263. The van der Waals surface area contributed by atoms with Crippen molar-refractivity contribution in [3.05, 3.63) is 63.2 Å². The number of carbonyl (C=O) groups is 1. The third-order valence-corrected chi connectivity index (χ3v) is 4.63. The molecular weight excluding hydrogens is 366 g/mol. The first-order chi connectivity index (χ1) is 12.7. The van der Waals surface area contributed by atoms with Crippen molar-refractivity contribution in [1.29, 1.82) is 0 Å². The summed E-state index contributed by atoms with van der Waals surface area (Å²) in [5, 5.41) is 26.3. The number of thiocarbonyl (C=S) groups is 1. The minimum atomic E-state index is -0.564. The highest BCUT2D eigenvalue weighted by molar-refractivity contribution is 7.80. The molecule has 0 aliphatic heterocycles. The van der Waals surface area contributed by atoms with Crippen molar-refractivity contribution in [2.24, 2.45) is 0 Å². The molecule has 0 radical (unpaired) electrons. The van der Waals surface area contributed by atoms with E-state index in [1.165, 1.54) is 25.1 Å². The molecule has 7 nitrogen and oxygen atoms in total. The van der Waals surface area contributed by atoms with E-state index in [-0.39, 0.29) is 27.7 Å². The van der Waals surface area contributed by atoms with E-state index in [0.717, 1.165) is 12.0 Å². The SMILES string of the molecule is CCC(C)c1ccc(O)c(NC(=S)NC(=O)c2cccc([N+](=O)[O-])c2C)c1. The van der Waals surface area contributed by atoms with Crippen molar-refractivity contribution < 1.29 is 14.8 Å². The third kappa shape index (κ3) is 4.79. The van der Waals surface area contributed by atoms with Crippen LogP contribution in [0.3, 0.4) is 0 Å². The second-order valence-electron chi connectivity index (χ2n) is 6.20. The van der Waals surface area contributed by atoms with Gasteiger partial charge in [0, 0.05) is 17.2 Å². The fourth-order valence-electron chi connectivity index (χ4n) is 2.59. The monoisotopic (exact) mass is 387 g/mol. The maximum absolute atomic E-state index is 12.4. The van der Waals surface area contributed by atoms with E-state index in [0.29, 0.717) is 11.6 Å². The largest absolute Gasteiger partial charge is 0.506 e. The van der Waals surface area contributed by atoms with Gasteiger partial charge in [0.15, 0.2) is 5.11 Å². The summed E-state index contributed by atoms with van der Waals surface area (Å²) >= 11 is 5.15. The van der Waals surface area contributed by atoms with Crippen LogP contribution in [-0.4, -0.2) is 21.0 Å². The van der Waals surface area contributed by atoms with Crippen molar-refractivity contribution in [3.63, 3.8) is 0 Å². The molecule has 2 rings (SSSR count). The van der Waals surface area contributed by atoms with Gasteiger partial charge in [-0.2, -0.15) is 0 Å². The molecule has 1 atom stereocenters. The van der Waals surface area contributed by atoms with Gasteiger partial charge in [-0.15, -0.1) is 0 Å². The molecule has 2 aromatic carbocycles. The van der Waals surface area contributed by atoms with Gasteiger partial charge >= 0.3 is 0 Å². The number of nitro groups is 1. The molecule has 1 amide bonds. The number of nitrogens with one attached hydrogen (secondary N) is 2. The Labute approximate surface area is 162 Å². The van der Waals surface area contributed by atoms with E-state index < -0.39 is 10.8 Å². The molecule has 0 saturated carbocycles. The van der Waals surface area contributed by atoms with E-state index in [4.69, 9.17) is 12.2 Å². The topological polar surface area (TPSA) is 104 Å². The molecule has 0 aliphatic rings. The molecule has 0 heterocycles. The van der Waals surface area contributed by atoms with Crippen molar-refractivity contribution >= 4 is 34.6 Å². The molecule has 0 spiro atoms. The number of benzene rings is 2. The summed E-state index contributed by atoms with van der Waals surface area (Å²) in [6.45, 7) is 5.64. The number of rotatable bonds is 5. The van der Waals surface area contributed by atoms with E-state index in [1.54, 1.807) is 12.1 Å². The Morgan fingerprint density at radius 3 is 2.67 bits per heavy atom. The van der Waals surface area contributed by atoms with Crippen LogP contribution >= 0.6 is 12.2 Å². The summed E-state index contributed by atoms with van der Waals surface area (Å²) < 4.78 is 0. The van der Waals surface area contributed by atoms with Crippen molar-refractivity contribution in [2.45, 2.75) is 33.1 Å². The Morgan fingerprint density at radius 2 is 2.04 bits per heavy atom. The number of nitrogens with zero attached hydrogens (tertiary/aromatic N) is 1. The Bertz CT molecular complexity index is 899. The molecule has 8 heteroatoms. The van der Waals surface area contributed by atoms with Gasteiger partial charge in [0.05, 0.1) is 10.6 Å². The quantitative estimate of drug-likeness (QED) is 0.307. The van der Waals surface area contributed by atoms with Crippen LogP contribution in [-0.2, 0) is 0 Å². The lowest BCUT2D eigenvalue weighted by Crippen LogP contribution is -2.34. The number of nitro benzene ring substituents is 1. The molecule has 1 unspecified atom stereocenters. The van der Waals surface area contributed by atoms with Gasteiger partial charge in [-0.3, -0.25) is 20.2 Å². The minimum Gasteiger partial charge on any atom is -0.506 e. The van der Waals surface area contributed by atoms with Gasteiger partial charge in [0.25, 0.3) is 11.6 Å². The zero-order valence-electron chi connectivity index (χ0n) is 15.3. The number of phenolic OH excluding ortho intramolecular Hbond substituents is 1. The fourth-order valence-corrected chi connectivity index (χ4v) is 2.79. The van der Waals surface area contributed by atoms with Gasteiger partial charge in [-0.25, -0.2) is 0 Å². The highest BCUT2D eigenvalue weighted by Gasteiger charge is 2.19. The highest BCUT2D eigenvalue weighted by Crippen LogP contribution is 2.29. The van der Waals surface area contributed by atoms with E-state index >= 15 is 0 Å². The number of amides is 1. The average molecular weight is 387 g/mol. The Kier molecular flexibility index (Phi) is 6.46. The number of aromatic hydroxyl groups is 1. The maximum atomic E-state index is 12.4. The molecule has 0 fully saturated rings. The van der Waals surface area contributed by atoms with Crippen molar-refractivity contribution in [1.82, 2.24) is 5.32 Å². The number of anilines is 1. The second-order valence-corrected chi connectivity index (χ2v) is 6.61. The van der Waals surface area contributed by atoms with Crippen LogP contribution in [0.2, 0.25) is 0 Å². The Morgan fingerprint density at radius 1 is 1.33 bits per heavy atom. The summed E-state index contributed by atoms with van der Waals surface area (Å²) in [4.78, 5) is 22.9. The number of hydrogen-bond acceptors (Lipinski definition) is 5. The first-order valence-corrected chi connectivity index (χ1v) is 8.84. The summed E-state index contributed by atoms with van der Waals surface area (Å²) in [5.41, 5.74) is 1.69. The molecular formula is C19H21N3O4S. The molecule has 0 aliphatic carbocycles. The number of phenols is 1. The predicted molar refractivity (Wildman–Crippen MR) is 108 cm³/mol. The lowest BCUT2D eigenvalue weighted by molar-refractivity contribution is -0.385. The standard InChI is InChI=1S/C19H21N3O4S/c1-4-11(2)13-8-9-17(23)15(10-13)20-19(27)21-18(24)14-6-5-7-16(12(14)3)22(25)26/h5-11,23H,4H2,1-3H3,(H2,20,21,24,27). The summed E-state index contributed by atoms with van der Waals surface area (Å²) in [6, 6.07) is 9.45. The van der Waals surface area contributed by atoms with Gasteiger partial charge in [-0.05, 0) is 55.2 Å². The first kappa shape index (κ1) is 20.3. The van der Waals surface area contributed by atoms with Crippen LogP contribution in [0.5, 0.6) is 5.75 Å². The smallest absolute Gasteiger partial charge is 0.273 e. The summed E-state index contributed by atoms with van der Waals surface area (Å²) in [5.74, 6) is -0.252. The Hall–Kier alpha value is -3.00. The molecule has 2 aromatic rings. The van der Waals surface area contributed by atoms with Crippen LogP contribution in [0, 0.1) is 17.0 Å². The zero-order valence-corrected chi connectivity index (χ0v) is 16.1. The molecule has 0 bridgehead atoms. The van der Waals surface area contributed by atoms with E-state index in [9.17, 15) is 20.0 Å². The van der Waals surface area contributed by atoms with Crippen LogP contribution < -0.4 is 10.6 Å². The number of carbonyl (C=O) groups excluding carboxylic acids is 1. The molecule has 142 valence electrons. The lowest BCUT2D eigenvalue weighted by atomic mass is 9.98. The molecule has 0 saturated heterocycles. The van der Waals surface area contributed by atoms with Crippen molar-refractivity contribution in [3.8, 4) is 5.75 Å². The maximum Gasteiger partial charge on any atom is 0.273 e. The van der Waals surface area contributed by atoms with Gasteiger partial charge in [-0.1, -0.05) is 26.0 Å². The van der Waals surface area contributed by atoms with Gasteiger partial charge in [0.1, 0.15) is 5.75 Å². The normalized spacial score (nSPS) is 11.5. The Balaban J connectivity index is 2.16. The summed E-state index contributed by atoms with van der Waals surface area (Å²) in [6.07, 6.45) is 0.942. The van der Waals surface area contributed by atoms with Crippen LogP contribution in [0.1, 0.15) is 47.7 Å². The summed E-state index contributed by atoms with van der Waals surface area (Å²) in [7, 11) is 0. The molecule has 3 N–H and O–H groups in total. The average Bonchev–Trinajstić information content (AvgIpc) is 2.62. The van der Waals surface area contributed by atoms with Crippen LogP contribution in [0.15, 0.2) is 36.4 Å². The minimum absolute atomic E-state index is 0.00480. The van der Waals surface area contributed by atoms with Gasteiger partial charge < -0.3 is 10.4 Å². The highest BCUT2D eigenvalue weighted by atomic mass is 32.1. The van der Waals surface area contributed by atoms with Crippen LogP contribution in [0.4, 0.5) is 11.4 Å². The van der Waals surface area contributed by atoms with Crippen molar-refractivity contribution in [2.75, 3.05) is 5.32 Å². The molecule has 0 aromatic heterocycles. The zero-order chi connectivity index (χ0) is 20.1. The lowest BCUT2D eigenvalue weighted by Gasteiger charge is -2.15. The second kappa shape index (κ2) is 8.59. The number of hydrogen-bond donors (Lipinski definition) is 3. The predicted octanol–water partition coefficient (Wildman–Crippen LogP) is 4.25. The van der Waals surface area contributed by atoms with Gasteiger partial charge in [0.2, 0.25) is 0 Å². The first-order valence-electron chi connectivity index (χ1n) is 8.43.